The van der Waals surface area contributed by atoms with Gasteiger partial charge in [0.1, 0.15) is 0 Å². The average Bonchev–Trinajstić information content (AvgIpc) is 2.70. The van der Waals surface area contributed by atoms with Gasteiger partial charge in [-0.25, -0.2) is 13.1 Å². The second-order valence-corrected chi connectivity index (χ2v) is 7.92. The monoisotopic (exact) mass is 345 g/mol. The van der Waals surface area contributed by atoms with Crippen molar-refractivity contribution < 1.29 is 8.42 Å². The molecule has 1 aromatic carbocycles. The van der Waals surface area contributed by atoms with Crippen molar-refractivity contribution in [2.45, 2.75) is 44.0 Å². The lowest BCUT2D eigenvalue weighted by molar-refractivity contribution is 0.368. The van der Waals surface area contributed by atoms with Gasteiger partial charge in [0.05, 0.1) is 4.90 Å². The number of hydrogen-bond acceptors (Lipinski definition) is 2. The Kier molecular flexibility index (Phi) is 4.69. The van der Waals surface area contributed by atoms with E-state index in [1.54, 1.807) is 24.3 Å². The highest BCUT2D eigenvalue weighted by atomic mass is 79.9. The van der Waals surface area contributed by atoms with E-state index in [2.05, 4.69) is 34.5 Å². The van der Waals surface area contributed by atoms with Crippen molar-refractivity contribution in [2.75, 3.05) is 0 Å². The van der Waals surface area contributed by atoms with Gasteiger partial charge < -0.3 is 0 Å². The Hall–Kier alpha value is -0.390. The summed E-state index contributed by atoms with van der Waals surface area (Å²) in [6.45, 7) is 4.32. The van der Waals surface area contributed by atoms with Gasteiger partial charge in [0.2, 0.25) is 10.0 Å². The summed E-state index contributed by atoms with van der Waals surface area (Å²) in [7, 11) is -3.40. The molecule has 0 radical (unpaired) electrons. The highest BCUT2D eigenvalue weighted by molar-refractivity contribution is 9.10. The Labute approximate surface area is 124 Å². The highest BCUT2D eigenvalue weighted by Crippen LogP contribution is 2.34. The molecular weight excluding hydrogens is 326 g/mol. The van der Waals surface area contributed by atoms with Crippen LogP contribution in [0.4, 0.5) is 0 Å². The summed E-state index contributed by atoms with van der Waals surface area (Å²) in [6, 6.07) is 6.83. The van der Waals surface area contributed by atoms with Crippen LogP contribution in [0.1, 0.15) is 33.1 Å². The van der Waals surface area contributed by atoms with E-state index in [4.69, 9.17) is 0 Å². The quantitative estimate of drug-likeness (QED) is 0.906. The van der Waals surface area contributed by atoms with Crippen molar-refractivity contribution >= 4 is 26.0 Å². The van der Waals surface area contributed by atoms with Gasteiger partial charge in [-0.05, 0) is 48.9 Å². The SMILES string of the molecule is CCC1CCC(NS(=O)(=O)c2ccc(Br)cc2)C1C. The zero-order chi connectivity index (χ0) is 14.0. The summed E-state index contributed by atoms with van der Waals surface area (Å²) in [4.78, 5) is 0.336. The predicted molar refractivity (Wildman–Crippen MR) is 80.4 cm³/mol. The molecule has 1 saturated carbocycles. The van der Waals surface area contributed by atoms with Crippen molar-refractivity contribution in [1.82, 2.24) is 4.72 Å². The molecule has 0 spiro atoms. The van der Waals surface area contributed by atoms with E-state index in [1.165, 1.54) is 0 Å². The Balaban J connectivity index is 2.12. The zero-order valence-corrected chi connectivity index (χ0v) is 13.7. The minimum atomic E-state index is -3.40. The molecule has 5 heteroatoms. The van der Waals surface area contributed by atoms with Gasteiger partial charge in [0.15, 0.2) is 0 Å². The molecule has 0 heterocycles. The lowest BCUT2D eigenvalue weighted by atomic mass is 9.94. The lowest BCUT2D eigenvalue weighted by Gasteiger charge is -2.21. The highest BCUT2D eigenvalue weighted by Gasteiger charge is 2.34. The van der Waals surface area contributed by atoms with Crippen LogP contribution in [0.3, 0.4) is 0 Å². The predicted octanol–water partition coefficient (Wildman–Crippen LogP) is 3.55. The number of nitrogens with one attached hydrogen (secondary N) is 1. The van der Waals surface area contributed by atoms with Crippen LogP contribution in [0.5, 0.6) is 0 Å². The molecule has 0 aromatic heterocycles. The van der Waals surface area contributed by atoms with Crippen molar-refractivity contribution in [1.29, 1.82) is 0 Å². The first-order valence-electron chi connectivity index (χ1n) is 6.72. The third kappa shape index (κ3) is 3.38. The summed E-state index contributed by atoms with van der Waals surface area (Å²) in [5.74, 6) is 1.05. The fourth-order valence-corrected chi connectivity index (χ4v) is 4.50. The summed E-state index contributed by atoms with van der Waals surface area (Å²) in [6.07, 6.45) is 3.18. The molecule has 0 bridgehead atoms. The van der Waals surface area contributed by atoms with Crippen molar-refractivity contribution in [2.24, 2.45) is 11.8 Å². The number of sulfonamides is 1. The van der Waals surface area contributed by atoms with Crippen molar-refractivity contribution in [3.05, 3.63) is 28.7 Å². The third-order valence-corrected chi connectivity index (χ3v) is 6.22. The van der Waals surface area contributed by atoms with E-state index >= 15 is 0 Å². The molecule has 0 saturated heterocycles. The molecule has 0 amide bonds. The van der Waals surface area contributed by atoms with Crippen LogP contribution in [0, 0.1) is 11.8 Å². The van der Waals surface area contributed by atoms with E-state index in [0.717, 1.165) is 23.7 Å². The fourth-order valence-electron chi connectivity index (χ4n) is 2.87. The van der Waals surface area contributed by atoms with Gasteiger partial charge in [-0.3, -0.25) is 0 Å². The fraction of sp³-hybridized carbons (Fsp3) is 0.571. The average molecular weight is 346 g/mol. The van der Waals surface area contributed by atoms with Crippen LogP contribution >= 0.6 is 15.9 Å². The summed E-state index contributed by atoms with van der Waals surface area (Å²) in [5.41, 5.74) is 0. The molecule has 3 unspecified atom stereocenters. The van der Waals surface area contributed by atoms with Crippen LogP contribution in [-0.4, -0.2) is 14.5 Å². The Morgan fingerprint density at radius 2 is 1.89 bits per heavy atom. The normalized spacial score (nSPS) is 27.6. The van der Waals surface area contributed by atoms with Crippen LogP contribution in [0.2, 0.25) is 0 Å². The zero-order valence-electron chi connectivity index (χ0n) is 11.3. The van der Waals surface area contributed by atoms with Gasteiger partial charge >= 0.3 is 0 Å². The van der Waals surface area contributed by atoms with Crippen LogP contribution in [0.25, 0.3) is 0 Å². The van der Waals surface area contributed by atoms with E-state index in [-0.39, 0.29) is 6.04 Å². The molecule has 1 aliphatic carbocycles. The number of hydrogen-bond donors (Lipinski definition) is 1. The second-order valence-electron chi connectivity index (χ2n) is 5.29. The van der Waals surface area contributed by atoms with Gasteiger partial charge in [-0.2, -0.15) is 0 Å². The Morgan fingerprint density at radius 1 is 1.26 bits per heavy atom. The molecule has 1 aliphatic rings. The summed E-state index contributed by atoms with van der Waals surface area (Å²) in [5, 5.41) is 0. The van der Waals surface area contributed by atoms with E-state index < -0.39 is 10.0 Å². The molecule has 3 nitrogen and oxygen atoms in total. The summed E-state index contributed by atoms with van der Waals surface area (Å²) < 4.78 is 28.4. The van der Waals surface area contributed by atoms with Gasteiger partial charge in [0, 0.05) is 10.5 Å². The topological polar surface area (TPSA) is 46.2 Å². The number of rotatable bonds is 4. The molecule has 1 N–H and O–H groups in total. The van der Waals surface area contributed by atoms with Gasteiger partial charge in [-0.15, -0.1) is 0 Å². The molecule has 1 aromatic rings. The lowest BCUT2D eigenvalue weighted by Crippen LogP contribution is -2.37. The molecule has 0 aliphatic heterocycles. The van der Waals surface area contributed by atoms with E-state index in [0.29, 0.717) is 16.7 Å². The standard InChI is InChI=1S/C14H20BrNO2S/c1-3-11-4-9-14(10(11)2)16-19(17,18)13-7-5-12(15)6-8-13/h5-8,10-11,14,16H,3-4,9H2,1-2H3. The number of benzene rings is 1. The molecular formula is C14H20BrNO2S. The van der Waals surface area contributed by atoms with Crippen molar-refractivity contribution in [3.8, 4) is 0 Å². The van der Waals surface area contributed by atoms with Crippen LogP contribution < -0.4 is 4.72 Å². The van der Waals surface area contributed by atoms with E-state index in [1.807, 2.05) is 0 Å². The largest absolute Gasteiger partial charge is 0.240 e. The van der Waals surface area contributed by atoms with Crippen LogP contribution in [-0.2, 0) is 10.0 Å². The molecule has 106 valence electrons. The van der Waals surface area contributed by atoms with Gasteiger partial charge in [-0.1, -0.05) is 36.2 Å². The maximum Gasteiger partial charge on any atom is 0.240 e. The van der Waals surface area contributed by atoms with Crippen LogP contribution in [0.15, 0.2) is 33.6 Å². The van der Waals surface area contributed by atoms with E-state index in [9.17, 15) is 8.42 Å². The molecule has 1 fully saturated rings. The molecule has 19 heavy (non-hydrogen) atoms. The Morgan fingerprint density at radius 3 is 2.42 bits per heavy atom. The first-order chi connectivity index (χ1) is 8.94. The van der Waals surface area contributed by atoms with Crippen molar-refractivity contribution in [3.63, 3.8) is 0 Å². The first kappa shape index (κ1) is 15.0. The Bertz CT molecular complexity index is 527. The first-order valence-corrected chi connectivity index (χ1v) is 8.99. The van der Waals surface area contributed by atoms with Gasteiger partial charge in [0.25, 0.3) is 0 Å². The third-order valence-electron chi connectivity index (χ3n) is 4.18. The number of halogens is 1. The minimum Gasteiger partial charge on any atom is -0.208 e. The molecule has 3 atom stereocenters. The maximum atomic E-state index is 12.3. The second kappa shape index (κ2) is 5.94. The minimum absolute atomic E-state index is 0.0681. The maximum absolute atomic E-state index is 12.3. The smallest absolute Gasteiger partial charge is 0.208 e. The summed E-state index contributed by atoms with van der Waals surface area (Å²) >= 11 is 3.31. The molecule has 2 rings (SSSR count).